The highest BCUT2D eigenvalue weighted by molar-refractivity contribution is 6.30. The Kier molecular flexibility index (Phi) is 4.60. The Morgan fingerprint density at radius 1 is 0.880 bits per heavy atom. The highest BCUT2D eigenvalue weighted by Gasteiger charge is 2.53. The van der Waals surface area contributed by atoms with Gasteiger partial charge in [0.25, 0.3) is 0 Å². The number of halogens is 2. The first kappa shape index (κ1) is 17.9. The third kappa shape index (κ3) is 3.16. The summed E-state index contributed by atoms with van der Waals surface area (Å²) in [5.74, 6) is 0. The van der Waals surface area contributed by atoms with Gasteiger partial charge in [0, 0.05) is 15.8 Å². The molecule has 0 N–H and O–H groups in total. The van der Waals surface area contributed by atoms with Gasteiger partial charge in [-0.3, -0.25) is 0 Å². The van der Waals surface area contributed by atoms with Crippen molar-refractivity contribution >= 4 is 40.3 Å². The second-order valence-electron chi connectivity index (χ2n) is 6.80. The Morgan fingerprint density at radius 2 is 1.40 bits per heavy atom. The van der Waals surface area contributed by atoms with Crippen LogP contribution in [0.15, 0.2) is 63.9 Å². The minimum absolute atomic E-state index is 0.289. The average Bonchev–Trinajstić information content (AvgIpc) is 2.76. The lowest BCUT2D eigenvalue weighted by molar-refractivity contribution is 0.278. The molecule has 2 aromatic carbocycles. The van der Waals surface area contributed by atoms with E-state index in [1.54, 1.807) is 12.1 Å². The first-order valence-electron chi connectivity index (χ1n) is 8.04. The van der Waals surface area contributed by atoms with E-state index >= 15 is 0 Å². The van der Waals surface area contributed by atoms with E-state index in [4.69, 9.17) is 33.4 Å². The van der Waals surface area contributed by atoms with E-state index in [2.05, 4.69) is 19.0 Å². The summed E-state index contributed by atoms with van der Waals surface area (Å²) >= 11 is 12.0. The lowest BCUT2D eigenvalue weighted by Crippen LogP contribution is -2.49. The van der Waals surface area contributed by atoms with Crippen molar-refractivity contribution in [3.8, 4) is 0 Å². The number of hydrazone groups is 1. The maximum atomic E-state index is 6.02. The normalized spacial score (nSPS) is 22.5. The minimum atomic E-state index is -0.662. The molecule has 0 bridgehead atoms. The molecule has 130 valence electrons. The molecule has 0 saturated carbocycles. The predicted molar refractivity (Wildman–Crippen MR) is 105 cm³/mol. The Hall–Kier alpha value is -1.91. The van der Waals surface area contributed by atoms with Gasteiger partial charge in [-0.05, 0) is 62.4 Å². The maximum Gasteiger partial charge on any atom is 0.180 e. The van der Waals surface area contributed by atoms with Gasteiger partial charge in [0.1, 0.15) is 0 Å². The van der Waals surface area contributed by atoms with Gasteiger partial charge in [-0.1, -0.05) is 37.0 Å². The highest BCUT2D eigenvalue weighted by atomic mass is 35.5. The molecule has 3 rings (SSSR count). The number of nitrogens with zero attached hydrogens (tertiary/aromatic N) is 4. The van der Waals surface area contributed by atoms with Gasteiger partial charge in [-0.25, -0.2) is 5.01 Å². The highest BCUT2D eigenvalue weighted by Crippen LogP contribution is 2.46. The van der Waals surface area contributed by atoms with Gasteiger partial charge in [-0.15, -0.1) is 0 Å². The fourth-order valence-corrected chi connectivity index (χ4v) is 2.95. The minimum Gasteiger partial charge on any atom is -0.236 e. The molecule has 0 fully saturated rings. The fraction of sp³-hybridized carbons (Fsp3) is 0.316. The molecular weight excluding hydrogens is 355 g/mol. The van der Waals surface area contributed by atoms with Gasteiger partial charge in [0.15, 0.2) is 5.66 Å². The first-order chi connectivity index (χ1) is 11.7. The van der Waals surface area contributed by atoms with Crippen LogP contribution >= 0.6 is 23.2 Å². The van der Waals surface area contributed by atoms with Crippen molar-refractivity contribution in [1.82, 2.24) is 0 Å². The number of hydrogen-bond donors (Lipinski definition) is 0. The summed E-state index contributed by atoms with van der Waals surface area (Å²) in [6.07, 6.45) is 0. The van der Waals surface area contributed by atoms with Crippen LogP contribution in [0.3, 0.4) is 0 Å². The number of azo groups is 1. The smallest absolute Gasteiger partial charge is 0.180 e. The molecule has 6 heteroatoms. The van der Waals surface area contributed by atoms with Crippen molar-refractivity contribution in [2.24, 2.45) is 20.7 Å². The lowest BCUT2D eigenvalue weighted by atomic mass is 9.77. The topological polar surface area (TPSA) is 40.3 Å². The molecule has 25 heavy (non-hydrogen) atoms. The lowest BCUT2D eigenvalue weighted by Gasteiger charge is -2.39. The SMILES string of the molecule is CC1=NN(c2ccc(Cl)cc2)C(C)(N=Nc2ccc(Cl)cc2)C1(C)C. The zero-order valence-electron chi connectivity index (χ0n) is 14.7. The van der Waals surface area contributed by atoms with Crippen LogP contribution in [0.1, 0.15) is 27.7 Å². The molecule has 0 aromatic heterocycles. The number of rotatable bonds is 3. The van der Waals surface area contributed by atoms with E-state index in [9.17, 15) is 0 Å². The van der Waals surface area contributed by atoms with E-state index in [1.165, 1.54) is 0 Å². The van der Waals surface area contributed by atoms with Crippen molar-refractivity contribution < 1.29 is 0 Å². The summed E-state index contributed by atoms with van der Waals surface area (Å²) in [6.45, 7) is 8.32. The van der Waals surface area contributed by atoms with Crippen molar-refractivity contribution in [3.63, 3.8) is 0 Å². The van der Waals surface area contributed by atoms with Crippen molar-refractivity contribution in [3.05, 3.63) is 58.6 Å². The van der Waals surface area contributed by atoms with Gasteiger partial charge in [0.2, 0.25) is 0 Å². The van der Waals surface area contributed by atoms with Gasteiger partial charge in [0.05, 0.1) is 16.8 Å². The van der Waals surface area contributed by atoms with Crippen LogP contribution in [0, 0.1) is 5.41 Å². The second kappa shape index (κ2) is 6.43. The predicted octanol–water partition coefficient (Wildman–Crippen LogP) is 6.72. The zero-order chi connectivity index (χ0) is 18.2. The number of benzene rings is 2. The van der Waals surface area contributed by atoms with Crippen LogP contribution < -0.4 is 5.01 Å². The van der Waals surface area contributed by atoms with Crippen LogP contribution in [0.2, 0.25) is 10.0 Å². The molecule has 0 amide bonds. The van der Waals surface area contributed by atoms with Gasteiger partial charge in [-0.2, -0.15) is 15.3 Å². The number of hydrogen-bond acceptors (Lipinski definition) is 4. The quantitative estimate of drug-likeness (QED) is 0.549. The molecule has 0 saturated heterocycles. The summed E-state index contributed by atoms with van der Waals surface area (Å²) in [5, 5.41) is 17.2. The van der Waals surface area contributed by atoms with Crippen LogP contribution in [0.4, 0.5) is 11.4 Å². The fourth-order valence-electron chi connectivity index (χ4n) is 2.70. The first-order valence-corrected chi connectivity index (χ1v) is 8.79. The molecule has 2 aromatic rings. The molecule has 0 spiro atoms. The summed E-state index contributed by atoms with van der Waals surface area (Å²) < 4.78 is 0. The molecule has 0 aliphatic carbocycles. The summed E-state index contributed by atoms with van der Waals surface area (Å²) in [5.41, 5.74) is 1.72. The van der Waals surface area contributed by atoms with E-state index in [0.29, 0.717) is 10.0 Å². The monoisotopic (exact) mass is 374 g/mol. The van der Waals surface area contributed by atoms with E-state index in [0.717, 1.165) is 17.1 Å². The van der Waals surface area contributed by atoms with Gasteiger partial charge >= 0.3 is 0 Å². The van der Waals surface area contributed by atoms with Gasteiger partial charge < -0.3 is 0 Å². The second-order valence-corrected chi connectivity index (χ2v) is 7.67. The molecular formula is C19H20Cl2N4. The van der Waals surface area contributed by atoms with E-state index < -0.39 is 5.66 Å². The van der Waals surface area contributed by atoms with Crippen molar-refractivity contribution in [2.75, 3.05) is 5.01 Å². The Bertz CT molecular complexity index is 826. The Morgan fingerprint density at radius 3 is 1.96 bits per heavy atom. The Labute approximate surface area is 158 Å². The standard InChI is InChI=1S/C19H20Cl2N4/c1-13-18(2,3)19(4,24-22-16-9-5-14(20)6-10-16)25(23-13)17-11-7-15(21)8-12-17/h5-12H,1-4H3. The molecule has 1 heterocycles. The molecule has 1 atom stereocenters. The largest absolute Gasteiger partial charge is 0.236 e. The van der Waals surface area contributed by atoms with Crippen molar-refractivity contribution in [2.45, 2.75) is 33.4 Å². The van der Waals surface area contributed by atoms with E-state index in [-0.39, 0.29) is 5.41 Å². The van der Waals surface area contributed by atoms with Crippen LogP contribution in [-0.4, -0.2) is 11.4 Å². The van der Waals surface area contributed by atoms with Crippen LogP contribution in [0.25, 0.3) is 0 Å². The van der Waals surface area contributed by atoms with Crippen LogP contribution in [0.5, 0.6) is 0 Å². The summed E-state index contributed by atoms with van der Waals surface area (Å²) in [7, 11) is 0. The summed E-state index contributed by atoms with van der Waals surface area (Å²) in [4.78, 5) is 0. The van der Waals surface area contributed by atoms with E-state index in [1.807, 2.05) is 55.3 Å². The molecule has 1 unspecified atom stereocenters. The zero-order valence-corrected chi connectivity index (χ0v) is 16.2. The molecule has 1 aliphatic rings. The summed E-state index contributed by atoms with van der Waals surface area (Å²) in [6, 6.07) is 14.9. The molecule has 4 nitrogen and oxygen atoms in total. The third-order valence-corrected chi connectivity index (χ3v) is 5.51. The number of anilines is 1. The third-order valence-electron chi connectivity index (χ3n) is 5.01. The Balaban J connectivity index is 2.02. The molecule has 0 radical (unpaired) electrons. The van der Waals surface area contributed by atoms with Crippen molar-refractivity contribution in [1.29, 1.82) is 0 Å². The van der Waals surface area contributed by atoms with Crippen LogP contribution in [-0.2, 0) is 0 Å². The average molecular weight is 375 g/mol. The maximum absolute atomic E-state index is 6.02. The molecule has 1 aliphatic heterocycles.